The van der Waals surface area contributed by atoms with E-state index in [4.69, 9.17) is 16.3 Å². The monoisotopic (exact) mass is 396 g/mol. The van der Waals surface area contributed by atoms with E-state index in [1.165, 1.54) is 16.2 Å². The third kappa shape index (κ3) is 5.89. The van der Waals surface area contributed by atoms with Crippen molar-refractivity contribution >= 4 is 40.2 Å². The van der Waals surface area contributed by atoms with E-state index < -0.39 is 6.09 Å². The van der Waals surface area contributed by atoms with Gasteiger partial charge in [-0.2, -0.15) is 0 Å². The van der Waals surface area contributed by atoms with Gasteiger partial charge >= 0.3 is 12.1 Å². The van der Waals surface area contributed by atoms with Gasteiger partial charge in [0, 0.05) is 23.5 Å². The number of carbonyl (C=O) groups is 2. The summed E-state index contributed by atoms with van der Waals surface area (Å²) >= 11 is 7.43. The summed E-state index contributed by atoms with van der Waals surface area (Å²) in [5, 5.41) is 6.43. The standard InChI is InChI=1S/C17H21ClN4O3S/c1-11-12(2)26-15(20-11)21-17(24)25-9-8-22(3)16(23)19-10-13-6-4-5-7-14(13)18/h4-7H,8-10H2,1-3H3,(H,19,23)(H,20,21,24). The quantitative estimate of drug-likeness (QED) is 0.777. The summed E-state index contributed by atoms with van der Waals surface area (Å²) in [6.07, 6.45) is -0.594. The van der Waals surface area contributed by atoms with E-state index in [1.54, 1.807) is 13.1 Å². The van der Waals surface area contributed by atoms with Gasteiger partial charge in [0.2, 0.25) is 0 Å². The number of thiazole rings is 1. The smallest absolute Gasteiger partial charge is 0.413 e. The fourth-order valence-corrected chi connectivity index (χ4v) is 2.98. The highest BCUT2D eigenvalue weighted by Crippen LogP contribution is 2.21. The van der Waals surface area contributed by atoms with Crippen LogP contribution in [0.4, 0.5) is 14.7 Å². The van der Waals surface area contributed by atoms with E-state index in [0.717, 1.165) is 16.1 Å². The van der Waals surface area contributed by atoms with Gasteiger partial charge in [-0.15, -0.1) is 11.3 Å². The van der Waals surface area contributed by atoms with Crippen LogP contribution in [-0.2, 0) is 11.3 Å². The molecule has 1 aromatic heterocycles. The van der Waals surface area contributed by atoms with Gasteiger partial charge in [0.25, 0.3) is 0 Å². The molecule has 140 valence electrons. The maximum atomic E-state index is 12.0. The van der Waals surface area contributed by atoms with Crippen LogP contribution in [0.1, 0.15) is 16.1 Å². The molecular weight excluding hydrogens is 376 g/mol. The van der Waals surface area contributed by atoms with Crippen molar-refractivity contribution in [2.24, 2.45) is 0 Å². The lowest BCUT2D eigenvalue weighted by molar-refractivity contribution is 0.146. The predicted octanol–water partition coefficient (Wildman–Crippen LogP) is 3.80. The van der Waals surface area contributed by atoms with Gasteiger partial charge in [0.05, 0.1) is 12.2 Å². The van der Waals surface area contributed by atoms with Crippen molar-refractivity contribution < 1.29 is 14.3 Å². The average Bonchev–Trinajstić information content (AvgIpc) is 2.91. The minimum absolute atomic E-state index is 0.0746. The van der Waals surface area contributed by atoms with Gasteiger partial charge in [-0.1, -0.05) is 29.8 Å². The van der Waals surface area contributed by atoms with Gasteiger partial charge in [-0.3, -0.25) is 5.32 Å². The lowest BCUT2D eigenvalue weighted by Crippen LogP contribution is -2.39. The summed E-state index contributed by atoms with van der Waals surface area (Å²) in [5.41, 5.74) is 1.71. The second-order valence-electron chi connectivity index (χ2n) is 5.59. The van der Waals surface area contributed by atoms with Crippen LogP contribution in [-0.4, -0.2) is 42.2 Å². The number of nitrogens with one attached hydrogen (secondary N) is 2. The van der Waals surface area contributed by atoms with Crippen molar-refractivity contribution in [2.45, 2.75) is 20.4 Å². The van der Waals surface area contributed by atoms with Gasteiger partial charge in [0.1, 0.15) is 6.61 Å². The van der Waals surface area contributed by atoms with Crippen LogP contribution in [0.15, 0.2) is 24.3 Å². The van der Waals surface area contributed by atoms with Crippen LogP contribution in [0.2, 0.25) is 5.02 Å². The molecule has 7 nitrogen and oxygen atoms in total. The van der Waals surface area contributed by atoms with Gasteiger partial charge < -0.3 is 15.0 Å². The molecule has 0 saturated carbocycles. The molecule has 1 aromatic carbocycles. The third-order valence-electron chi connectivity index (χ3n) is 3.63. The van der Waals surface area contributed by atoms with Crippen LogP contribution in [0, 0.1) is 13.8 Å². The normalized spacial score (nSPS) is 10.3. The first-order chi connectivity index (χ1) is 12.4. The van der Waals surface area contributed by atoms with Crippen molar-refractivity contribution in [3.8, 4) is 0 Å². The number of carbonyl (C=O) groups excluding carboxylic acids is 2. The molecule has 0 radical (unpaired) electrons. The Morgan fingerprint density at radius 2 is 2.04 bits per heavy atom. The Kier molecular flexibility index (Phi) is 7.23. The zero-order valence-electron chi connectivity index (χ0n) is 14.8. The lowest BCUT2D eigenvalue weighted by atomic mass is 10.2. The Hall–Kier alpha value is -2.32. The summed E-state index contributed by atoms with van der Waals surface area (Å²) < 4.78 is 5.07. The molecule has 2 N–H and O–H groups in total. The Labute approximate surface area is 161 Å². The van der Waals surface area contributed by atoms with E-state index in [1.807, 2.05) is 32.0 Å². The SMILES string of the molecule is Cc1nc(NC(=O)OCCN(C)C(=O)NCc2ccccc2Cl)sc1C. The van der Waals surface area contributed by atoms with Crippen LogP contribution < -0.4 is 10.6 Å². The van der Waals surface area contributed by atoms with Gasteiger partial charge in [-0.05, 0) is 25.5 Å². The second-order valence-corrected chi connectivity index (χ2v) is 7.20. The fourth-order valence-electron chi connectivity index (χ4n) is 1.97. The first-order valence-electron chi connectivity index (χ1n) is 7.97. The first-order valence-corrected chi connectivity index (χ1v) is 9.16. The van der Waals surface area contributed by atoms with Crippen molar-refractivity contribution in [2.75, 3.05) is 25.5 Å². The van der Waals surface area contributed by atoms with Crippen LogP contribution in [0.3, 0.4) is 0 Å². The van der Waals surface area contributed by atoms with Crippen molar-refractivity contribution in [1.82, 2.24) is 15.2 Å². The Morgan fingerprint density at radius 1 is 1.31 bits per heavy atom. The molecule has 0 atom stereocenters. The minimum atomic E-state index is -0.594. The Balaban J connectivity index is 1.68. The van der Waals surface area contributed by atoms with E-state index in [9.17, 15) is 9.59 Å². The summed E-state index contributed by atoms with van der Waals surface area (Å²) in [6.45, 7) is 4.47. The van der Waals surface area contributed by atoms with Gasteiger partial charge in [0.15, 0.2) is 5.13 Å². The fraction of sp³-hybridized carbons (Fsp3) is 0.353. The average molecular weight is 397 g/mol. The molecule has 2 aromatic rings. The van der Waals surface area contributed by atoms with Crippen LogP contribution in [0.5, 0.6) is 0 Å². The molecule has 2 rings (SSSR count). The van der Waals surface area contributed by atoms with E-state index >= 15 is 0 Å². The number of rotatable bonds is 6. The zero-order valence-corrected chi connectivity index (χ0v) is 16.4. The second kappa shape index (κ2) is 9.40. The number of aromatic nitrogens is 1. The highest BCUT2D eigenvalue weighted by Gasteiger charge is 2.12. The molecule has 0 spiro atoms. The van der Waals surface area contributed by atoms with E-state index in [-0.39, 0.29) is 19.2 Å². The summed E-state index contributed by atoms with van der Waals surface area (Å²) in [6, 6.07) is 7.02. The van der Waals surface area contributed by atoms with Crippen molar-refractivity contribution in [3.05, 3.63) is 45.4 Å². The number of nitrogens with zero attached hydrogens (tertiary/aromatic N) is 2. The number of urea groups is 1. The number of aryl methyl sites for hydroxylation is 2. The molecule has 0 aliphatic carbocycles. The van der Waals surface area contributed by atoms with E-state index in [2.05, 4.69) is 15.6 Å². The number of benzene rings is 1. The molecule has 0 fully saturated rings. The van der Waals surface area contributed by atoms with Crippen LogP contribution in [0.25, 0.3) is 0 Å². The Bertz CT molecular complexity index is 762. The number of hydrogen-bond acceptors (Lipinski definition) is 5. The maximum absolute atomic E-state index is 12.0. The number of halogens is 1. The van der Waals surface area contributed by atoms with Crippen molar-refractivity contribution in [3.63, 3.8) is 0 Å². The molecule has 1 heterocycles. The maximum Gasteiger partial charge on any atom is 0.413 e. The molecule has 0 aliphatic heterocycles. The summed E-state index contributed by atoms with van der Waals surface area (Å²) in [7, 11) is 1.62. The highest BCUT2D eigenvalue weighted by atomic mass is 35.5. The number of hydrogen-bond donors (Lipinski definition) is 2. The Morgan fingerprint density at radius 3 is 2.69 bits per heavy atom. The topological polar surface area (TPSA) is 83.6 Å². The van der Waals surface area contributed by atoms with E-state index in [0.29, 0.717) is 16.7 Å². The number of ether oxygens (including phenoxy) is 1. The molecule has 0 bridgehead atoms. The molecule has 9 heteroatoms. The number of anilines is 1. The van der Waals surface area contributed by atoms with Crippen molar-refractivity contribution in [1.29, 1.82) is 0 Å². The predicted molar refractivity (Wildman–Crippen MR) is 103 cm³/mol. The number of likely N-dealkylation sites (N-methyl/N-ethyl adjacent to an activating group) is 1. The third-order valence-corrected chi connectivity index (χ3v) is 4.99. The molecule has 26 heavy (non-hydrogen) atoms. The largest absolute Gasteiger partial charge is 0.447 e. The van der Waals surface area contributed by atoms with Gasteiger partial charge in [-0.25, -0.2) is 14.6 Å². The summed E-state index contributed by atoms with van der Waals surface area (Å²) in [5.74, 6) is 0. The molecule has 0 unspecified atom stereocenters. The number of amides is 3. The molecule has 0 saturated heterocycles. The minimum Gasteiger partial charge on any atom is -0.447 e. The highest BCUT2D eigenvalue weighted by molar-refractivity contribution is 7.15. The first kappa shape index (κ1) is 20.0. The molecular formula is C17H21ClN4O3S. The summed E-state index contributed by atoms with van der Waals surface area (Å²) in [4.78, 5) is 30.4. The zero-order chi connectivity index (χ0) is 19.1. The molecule has 3 amide bonds. The van der Waals surface area contributed by atoms with Crippen LogP contribution >= 0.6 is 22.9 Å². The molecule has 0 aliphatic rings. The lowest BCUT2D eigenvalue weighted by Gasteiger charge is -2.18.